The number of aliphatic hydroxyl groups excluding tert-OH is 1. The first-order chi connectivity index (χ1) is 13.5. The van der Waals surface area contributed by atoms with Gasteiger partial charge in [-0.2, -0.15) is 5.10 Å². The second kappa shape index (κ2) is 7.56. The van der Waals surface area contributed by atoms with Gasteiger partial charge in [-0.15, -0.1) is 0 Å². The van der Waals surface area contributed by atoms with E-state index in [0.717, 1.165) is 16.5 Å². The molecule has 0 aliphatic carbocycles. The number of nitrogens with zero attached hydrogens (tertiary/aromatic N) is 2. The van der Waals surface area contributed by atoms with Crippen molar-refractivity contribution in [3.05, 3.63) is 65.4 Å². The van der Waals surface area contributed by atoms with Crippen LogP contribution in [-0.4, -0.2) is 50.6 Å². The summed E-state index contributed by atoms with van der Waals surface area (Å²) in [6.07, 6.45) is 2.30. The van der Waals surface area contributed by atoms with Gasteiger partial charge in [0, 0.05) is 30.3 Å². The van der Waals surface area contributed by atoms with Gasteiger partial charge in [0.1, 0.15) is 0 Å². The Morgan fingerprint density at radius 1 is 1.21 bits per heavy atom. The normalized spacial score (nSPS) is 19.3. The molecule has 1 aliphatic heterocycles. The molecular weight excluding hydrogens is 354 g/mol. The number of Topliss-reactive ketones (excluding diaryl/α,β-unsaturated/α-hetero) is 1. The molecule has 2 aromatic carbocycles. The highest BCUT2D eigenvalue weighted by Crippen LogP contribution is 2.24. The highest BCUT2D eigenvalue weighted by molar-refractivity contribution is 6.00. The van der Waals surface area contributed by atoms with Gasteiger partial charge in [-0.05, 0) is 31.0 Å². The minimum absolute atomic E-state index is 0.00640. The van der Waals surface area contributed by atoms with Crippen LogP contribution in [0.3, 0.4) is 0 Å². The third-order valence-electron chi connectivity index (χ3n) is 5.38. The Morgan fingerprint density at radius 3 is 2.79 bits per heavy atom. The van der Waals surface area contributed by atoms with E-state index in [9.17, 15) is 14.7 Å². The van der Waals surface area contributed by atoms with E-state index in [0.29, 0.717) is 24.8 Å². The van der Waals surface area contributed by atoms with Crippen LogP contribution in [0, 0.1) is 6.92 Å². The van der Waals surface area contributed by atoms with E-state index in [1.807, 2.05) is 37.3 Å². The fourth-order valence-corrected chi connectivity index (χ4v) is 3.77. The molecule has 1 saturated heterocycles. The van der Waals surface area contributed by atoms with E-state index in [1.54, 1.807) is 18.3 Å². The number of ketones is 1. The lowest BCUT2D eigenvalue weighted by molar-refractivity contribution is -0.122. The van der Waals surface area contributed by atoms with Crippen molar-refractivity contribution in [1.82, 2.24) is 15.1 Å². The van der Waals surface area contributed by atoms with Gasteiger partial charge in [-0.3, -0.25) is 14.7 Å². The maximum atomic E-state index is 13.0. The summed E-state index contributed by atoms with van der Waals surface area (Å²) in [5.74, 6) is -0.241. The fourth-order valence-electron chi connectivity index (χ4n) is 3.77. The number of aromatic amines is 1. The van der Waals surface area contributed by atoms with Crippen molar-refractivity contribution < 1.29 is 14.7 Å². The van der Waals surface area contributed by atoms with Crippen LogP contribution in [0.2, 0.25) is 0 Å². The molecular formula is C22H23N3O3. The van der Waals surface area contributed by atoms with Crippen molar-refractivity contribution in [3.63, 3.8) is 0 Å². The van der Waals surface area contributed by atoms with Crippen molar-refractivity contribution in [3.8, 4) is 0 Å². The Hall–Kier alpha value is -2.99. The zero-order chi connectivity index (χ0) is 19.7. The van der Waals surface area contributed by atoms with Crippen LogP contribution in [-0.2, 0) is 11.2 Å². The van der Waals surface area contributed by atoms with Crippen LogP contribution in [0.5, 0.6) is 0 Å². The molecule has 3 aromatic rings. The van der Waals surface area contributed by atoms with Crippen molar-refractivity contribution in [2.45, 2.75) is 38.3 Å². The number of aliphatic hydroxyl groups is 1. The van der Waals surface area contributed by atoms with Crippen LogP contribution in [0.15, 0.2) is 48.7 Å². The summed E-state index contributed by atoms with van der Waals surface area (Å²) in [6, 6.07) is 12.8. The van der Waals surface area contributed by atoms with Gasteiger partial charge in [-0.25, -0.2) is 0 Å². The lowest BCUT2D eigenvalue weighted by Crippen LogP contribution is -2.40. The van der Waals surface area contributed by atoms with Gasteiger partial charge < -0.3 is 10.0 Å². The molecule has 0 radical (unpaired) electrons. The average molecular weight is 377 g/mol. The molecule has 1 aromatic heterocycles. The van der Waals surface area contributed by atoms with Crippen molar-refractivity contribution >= 4 is 22.6 Å². The van der Waals surface area contributed by atoms with Crippen molar-refractivity contribution in [2.24, 2.45) is 0 Å². The SMILES string of the molecule is Cc1ccc(CCC(=O)[C@@H]2C[C@@H](O)CN2C(=O)c2ccc3cn[nH]c3c2)cc1. The maximum absolute atomic E-state index is 13.0. The molecule has 1 amide bonds. The third-order valence-corrected chi connectivity index (χ3v) is 5.38. The molecule has 6 heteroatoms. The van der Waals surface area contributed by atoms with Crippen LogP contribution >= 0.6 is 0 Å². The number of rotatable bonds is 5. The van der Waals surface area contributed by atoms with Crippen LogP contribution in [0.25, 0.3) is 10.9 Å². The number of H-pyrrole nitrogens is 1. The number of carbonyl (C=O) groups excluding carboxylic acids is 2. The van der Waals surface area contributed by atoms with Crippen molar-refractivity contribution in [1.29, 1.82) is 0 Å². The highest BCUT2D eigenvalue weighted by atomic mass is 16.3. The molecule has 6 nitrogen and oxygen atoms in total. The summed E-state index contributed by atoms with van der Waals surface area (Å²) in [5, 5.41) is 17.8. The van der Waals surface area contributed by atoms with E-state index in [4.69, 9.17) is 0 Å². The Morgan fingerprint density at radius 2 is 2.00 bits per heavy atom. The minimum atomic E-state index is -0.673. The number of β-amino-alcohol motifs (C(OH)–C–C–N with tert-alkyl or cyclic N) is 1. The first-order valence-corrected chi connectivity index (χ1v) is 9.51. The lowest BCUT2D eigenvalue weighted by atomic mass is 10.0. The zero-order valence-corrected chi connectivity index (χ0v) is 15.8. The summed E-state index contributed by atoms with van der Waals surface area (Å²) in [6.45, 7) is 2.21. The molecule has 28 heavy (non-hydrogen) atoms. The monoisotopic (exact) mass is 377 g/mol. The van der Waals surface area contributed by atoms with Gasteiger partial charge in [0.2, 0.25) is 0 Å². The van der Waals surface area contributed by atoms with E-state index in [-0.39, 0.29) is 18.2 Å². The number of carbonyl (C=O) groups is 2. The number of benzene rings is 2. The number of amides is 1. The number of nitrogens with one attached hydrogen (secondary N) is 1. The van der Waals surface area contributed by atoms with E-state index in [2.05, 4.69) is 10.2 Å². The van der Waals surface area contributed by atoms with Gasteiger partial charge in [-0.1, -0.05) is 35.9 Å². The molecule has 4 rings (SSSR count). The third kappa shape index (κ3) is 3.68. The number of aromatic nitrogens is 2. The molecule has 0 spiro atoms. The lowest BCUT2D eigenvalue weighted by Gasteiger charge is -2.23. The predicted octanol–water partition coefficient (Wildman–Crippen LogP) is 2.65. The molecule has 1 fully saturated rings. The highest BCUT2D eigenvalue weighted by Gasteiger charge is 2.38. The van der Waals surface area contributed by atoms with Gasteiger partial charge in [0.05, 0.1) is 23.9 Å². The zero-order valence-electron chi connectivity index (χ0n) is 15.8. The quantitative estimate of drug-likeness (QED) is 0.716. The predicted molar refractivity (Wildman–Crippen MR) is 106 cm³/mol. The molecule has 2 N–H and O–H groups in total. The summed E-state index contributed by atoms with van der Waals surface area (Å²) >= 11 is 0. The molecule has 0 bridgehead atoms. The number of hydrogen-bond acceptors (Lipinski definition) is 4. The standard InChI is InChI=1S/C22H23N3O3/c1-14-2-4-15(5-3-14)6-9-21(27)20-11-18(26)13-25(20)22(28)16-7-8-17-12-23-24-19(17)10-16/h2-5,7-8,10,12,18,20,26H,6,9,11,13H2,1H3,(H,23,24)/t18-,20+/m1/s1. The second-order valence-electron chi connectivity index (χ2n) is 7.49. The summed E-state index contributed by atoms with van der Waals surface area (Å²) in [5.41, 5.74) is 3.54. The molecule has 0 saturated carbocycles. The van der Waals surface area contributed by atoms with Crippen LogP contribution < -0.4 is 0 Å². The van der Waals surface area contributed by atoms with Crippen LogP contribution in [0.4, 0.5) is 0 Å². The Kier molecular flexibility index (Phi) is 4.96. The Bertz CT molecular complexity index is 1010. The number of fused-ring (bicyclic) bond motifs is 1. The summed E-state index contributed by atoms with van der Waals surface area (Å²) < 4.78 is 0. The average Bonchev–Trinajstić information content (AvgIpc) is 3.32. The number of hydrogen-bond donors (Lipinski definition) is 2. The summed E-state index contributed by atoms with van der Waals surface area (Å²) in [7, 11) is 0. The Labute approximate surface area is 163 Å². The molecule has 2 atom stereocenters. The molecule has 2 heterocycles. The topological polar surface area (TPSA) is 86.3 Å². The molecule has 144 valence electrons. The maximum Gasteiger partial charge on any atom is 0.254 e. The minimum Gasteiger partial charge on any atom is -0.391 e. The van der Waals surface area contributed by atoms with E-state index in [1.165, 1.54) is 10.5 Å². The smallest absolute Gasteiger partial charge is 0.254 e. The first-order valence-electron chi connectivity index (χ1n) is 9.51. The van der Waals surface area contributed by atoms with Gasteiger partial charge in [0.25, 0.3) is 5.91 Å². The van der Waals surface area contributed by atoms with E-state index < -0.39 is 12.1 Å². The van der Waals surface area contributed by atoms with Crippen LogP contribution in [0.1, 0.15) is 34.3 Å². The fraction of sp³-hybridized carbons (Fsp3) is 0.318. The van der Waals surface area contributed by atoms with Gasteiger partial charge >= 0.3 is 0 Å². The Balaban J connectivity index is 1.48. The molecule has 0 unspecified atom stereocenters. The van der Waals surface area contributed by atoms with Gasteiger partial charge in [0.15, 0.2) is 5.78 Å². The summed E-state index contributed by atoms with van der Waals surface area (Å²) in [4.78, 5) is 27.4. The second-order valence-corrected chi connectivity index (χ2v) is 7.49. The number of likely N-dealkylation sites (tertiary alicyclic amines) is 1. The first kappa shape index (κ1) is 18.4. The number of aryl methyl sites for hydroxylation is 2. The molecule has 1 aliphatic rings. The largest absolute Gasteiger partial charge is 0.391 e. The van der Waals surface area contributed by atoms with E-state index >= 15 is 0 Å². The van der Waals surface area contributed by atoms with Crippen molar-refractivity contribution in [2.75, 3.05) is 6.54 Å².